The summed E-state index contributed by atoms with van der Waals surface area (Å²) in [5.41, 5.74) is 3.03. The molecule has 1 saturated heterocycles. The van der Waals surface area contributed by atoms with Crippen molar-refractivity contribution in [1.29, 1.82) is 0 Å². The van der Waals surface area contributed by atoms with Gasteiger partial charge in [-0.25, -0.2) is 0 Å². The minimum atomic E-state index is 0.0416. The van der Waals surface area contributed by atoms with E-state index in [4.69, 9.17) is 0 Å². The van der Waals surface area contributed by atoms with E-state index in [1.807, 2.05) is 35.7 Å². The quantitative estimate of drug-likeness (QED) is 0.688. The SMILES string of the molecule is CCc1cccc(NC(=O)C2CCN(c3ccc(-c4cccs4)nn3)CC2)c1. The van der Waals surface area contributed by atoms with Gasteiger partial charge < -0.3 is 10.2 Å². The van der Waals surface area contributed by atoms with Gasteiger partial charge in [0, 0.05) is 24.7 Å². The Bertz CT molecular complexity index is 916. The highest BCUT2D eigenvalue weighted by Gasteiger charge is 2.26. The monoisotopic (exact) mass is 392 g/mol. The topological polar surface area (TPSA) is 58.1 Å². The fourth-order valence-electron chi connectivity index (χ4n) is 3.53. The van der Waals surface area contributed by atoms with Crippen molar-refractivity contribution in [3.8, 4) is 10.6 Å². The number of aryl methyl sites for hydroxylation is 1. The largest absolute Gasteiger partial charge is 0.355 e. The van der Waals surface area contributed by atoms with Gasteiger partial charge in [0.1, 0.15) is 5.69 Å². The van der Waals surface area contributed by atoms with Crippen LogP contribution in [-0.4, -0.2) is 29.2 Å². The molecule has 28 heavy (non-hydrogen) atoms. The van der Waals surface area contributed by atoms with E-state index in [1.165, 1.54) is 5.56 Å². The first kappa shape index (κ1) is 18.6. The Labute approximate surface area is 169 Å². The Hall–Kier alpha value is -2.73. The number of nitrogens with one attached hydrogen (secondary N) is 1. The van der Waals surface area contributed by atoms with Gasteiger partial charge in [0.15, 0.2) is 5.82 Å². The zero-order valence-corrected chi connectivity index (χ0v) is 16.8. The van der Waals surface area contributed by atoms with Crippen molar-refractivity contribution in [3.63, 3.8) is 0 Å². The number of piperidine rings is 1. The normalized spacial score (nSPS) is 14.8. The fourth-order valence-corrected chi connectivity index (χ4v) is 4.22. The van der Waals surface area contributed by atoms with Crippen LogP contribution in [0.25, 0.3) is 10.6 Å². The highest BCUT2D eigenvalue weighted by Crippen LogP contribution is 2.26. The predicted molar refractivity (Wildman–Crippen MR) is 115 cm³/mol. The van der Waals surface area contributed by atoms with Gasteiger partial charge in [-0.2, -0.15) is 0 Å². The zero-order chi connectivity index (χ0) is 19.3. The number of hydrogen-bond acceptors (Lipinski definition) is 5. The average molecular weight is 393 g/mol. The first-order chi connectivity index (χ1) is 13.7. The van der Waals surface area contributed by atoms with Gasteiger partial charge >= 0.3 is 0 Å². The lowest BCUT2D eigenvalue weighted by Gasteiger charge is -2.31. The summed E-state index contributed by atoms with van der Waals surface area (Å²) in [6.45, 7) is 3.76. The van der Waals surface area contributed by atoms with Crippen LogP contribution < -0.4 is 10.2 Å². The van der Waals surface area contributed by atoms with E-state index in [0.29, 0.717) is 0 Å². The van der Waals surface area contributed by atoms with E-state index in [2.05, 4.69) is 45.5 Å². The maximum atomic E-state index is 12.6. The molecule has 1 aliphatic heterocycles. The molecule has 1 aliphatic rings. The van der Waals surface area contributed by atoms with Gasteiger partial charge in [0.2, 0.25) is 5.91 Å². The standard InChI is InChI=1S/C22H24N4OS/c1-2-16-5-3-6-18(15-16)23-22(27)17-10-12-26(13-11-17)21-9-8-19(24-25-21)20-7-4-14-28-20/h3-9,14-15,17H,2,10-13H2,1H3,(H,23,27). The lowest BCUT2D eigenvalue weighted by molar-refractivity contribution is -0.120. The van der Waals surface area contributed by atoms with E-state index in [0.717, 1.165) is 54.4 Å². The molecule has 0 saturated carbocycles. The number of carbonyl (C=O) groups excluding carboxylic acids is 1. The smallest absolute Gasteiger partial charge is 0.227 e. The van der Waals surface area contributed by atoms with Gasteiger partial charge in [-0.05, 0) is 60.5 Å². The van der Waals surface area contributed by atoms with E-state index >= 15 is 0 Å². The number of nitrogens with zero attached hydrogens (tertiary/aromatic N) is 3. The molecule has 0 spiro atoms. The summed E-state index contributed by atoms with van der Waals surface area (Å²) in [4.78, 5) is 16.0. The number of rotatable bonds is 5. The van der Waals surface area contributed by atoms with E-state index in [1.54, 1.807) is 11.3 Å². The van der Waals surface area contributed by atoms with Crippen LogP contribution in [0.15, 0.2) is 53.9 Å². The van der Waals surface area contributed by atoms with E-state index in [-0.39, 0.29) is 11.8 Å². The van der Waals surface area contributed by atoms with Crippen LogP contribution in [0.4, 0.5) is 11.5 Å². The molecule has 144 valence electrons. The molecule has 3 heterocycles. The number of amides is 1. The van der Waals surface area contributed by atoms with Crippen molar-refractivity contribution in [1.82, 2.24) is 10.2 Å². The van der Waals surface area contributed by atoms with Crippen LogP contribution in [0.5, 0.6) is 0 Å². The molecule has 2 aromatic heterocycles. The number of hydrogen-bond donors (Lipinski definition) is 1. The number of thiophene rings is 1. The highest BCUT2D eigenvalue weighted by atomic mass is 32.1. The van der Waals surface area contributed by atoms with Crippen LogP contribution in [0.3, 0.4) is 0 Å². The summed E-state index contributed by atoms with van der Waals surface area (Å²) in [7, 11) is 0. The Morgan fingerprint density at radius 3 is 2.68 bits per heavy atom. The van der Waals surface area contributed by atoms with Crippen molar-refractivity contribution in [2.75, 3.05) is 23.3 Å². The molecule has 1 fully saturated rings. The number of aromatic nitrogens is 2. The predicted octanol–water partition coefficient (Wildman–Crippen LogP) is 4.62. The van der Waals surface area contributed by atoms with Crippen molar-refractivity contribution in [3.05, 3.63) is 59.5 Å². The zero-order valence-electron chi connectivity index (χ0n) is 16.0. The second kappa shape index (κ2) is 8.52. The molecule has 1 amide bonds. The summed E-state index contributed by atoms with van der Waals surface area (Å²) in [6, 6.07) is 16.2. The average Bonchev–Trinajstić information content (AvgIpc) is 3.29. The maximum absolute atomic E-state index is 12.6. The van der Waals surface area contributed by atoms with Gasteiger partial charge in [-0.15, -0.1) is 21.5 Å². The molecule has 0 unspecified atom stereocenters. The summed E-state index contributed by atoms with van der Waals surface area (Å²) < 4.78 is 0. The minimum absolute atomic E-state index is 0.0416. The molecule has 0 bridgehead atoms. The highest BCUT2D eigenvalue weighted by molar-refractivity contribution is 7.13. The van der Waals surface area contributed by atoms with Gasteiger partial charge in [-0.3, -0.25) is 4.79 Å². The van der Waals surface area contributed by atoms with Crippen molar-refractivity contribution < 1.29 is 4.79 Å². The van der Waals surface area contributed by atoms with Crippen LogP contribution >= 0.6 is 11.3 Å². The number of anilines is 2. The summed E-state index contributed by atoms with van der Waals surface area (Å²) >= 11 is 1.66. The van der Waals surface area contributed by atoms with E-state index in [9.17, 15) is 4.79 Å². The number of benzene rings is 1. The van der Waals surface area contributed by atoms with Crippen LogP contribution in [-0.2, 0) is 11.2 Å². The molecule has 6 heteroatoms. The molecule has 0 atom stereocenters. The number of carbonyl (C=O) groups is 1. The molecule has 5 nitrogen and oxygen atoms in total. The molecule has 1 N–H and O–H groups in total. The lowest BCUT2D eigenvalue weighted by Crippen LogP contribution is -2.38. The van der Waals surface area contributed by atoms with Crippen molar-refractivity contribution in [2.24, 2.45) is 5.92 Å². The molecular formula is C22H24N4OS. The summed E-state index contributed by atoms with van der Waals surface area (Å²) in [5.74, 6) is 1.04. The van der Waals surface area contributed by atoms with Crippen molar-refractivity contribution in [2.45, 2.75) is 26.2 Å². The Morgan fingerprint density at radius 1 is 1.14 bits per heavy atom. The summed E-state index contributed by atoms with van der Waals surface area (Å²) in [6.07, 6.45) is 2.62. The second-order valence-electron chi connectivity index (χ2n) is 7.06. The summed E-state index contributed by atoms with van der Waals surface area (Å²) in [5, 5.41) is 13.9. The molecule has 1 aromatic carbocycles. The maximum Gasteiger partial charge on any atom is 0.227 e. The molecule has 3 aromatic rings. The van der Waals surface area contributed by atoms with Gasteiger partial charge in [-0.1, -0.05) is 25.1 Å². The molecular weight excluding hydrogens is 368 g/mol. The fraction of sp³-hybridized carbons (Fsp3) is 0.318. The lowest BCUT2D eigenvalue weighted by atomic mass is 9.95. The van der Waals surface area contributed by atoms with Crippen LogP contribution in [0, 0.1) is 5.92 Å². The third-order valence-corrected chi connectivity index (χ3v) is 6.11. The second-order valence-corrected chi connectivity index (χ2v) is 8.01. The first-order valence-corrected chi connectivity index (χ1v) is 10.6. The Balaban J connectivity index is 1.33. The van der Waals surface area contributed by atoms with Crippen LogP contribution in [0.2, 0.25) is 0 Å². The third kappa shape index (κ3) is 4.22. The van der Waals surface area contributed by atoms with Gasteiger partial charge in [0.25, 0.3) is 0 Å². The van der Waals surface area contributed by atoms with Gasteiger partial charge in [0.05, 0.1) is 4.88 Å². The molecule has 0 aliphatic carbocycles. The first-order valence-electron chi connectivity index (χ1n) is 9.75. The Morgan fingerprint density at radius 2 is 2.00 bits per heavy atom. The Kier molecular flexibility index (Phi) is 5.67. The van der Waals surface area contributed by atoms with Crippen LogP contribution in [0.1, 0.15) is 25.3 Å². The molecule has 0 radical (unpaired) electrons. The molecule has 4 rings (SSSR count). The third-order valence-electron chi connectivity index (χ3n) is 5.22. The van der Waals surface area contributed by atoms with Crippen molar-refractivity contribution >= 4 is 28.7 Å². The minimum Gasteiger partial charge on any atom is -0.355 e. The van der Waals surface area contributed by atoms with E-state index < -0.39 is 0 Å².